The molecule has 1 aromatic heterocycles. The molecule has 2 atom stereocenters. The third kappa shape index (κ3) is 4.82. The van der Waals surface area contributed by atoms with Gasteiger partial charge in [0.15, 0.2) is 11.5 Å². The molecule has 0 saturated carbocycles. The summed E-state index contributed by atoms with van der Waals surface area (Å²) in [5.41, 5.74) is 1.88. The molecule has 2 N–H and O–H groups in total. The van der Waals surface area contributed by atoms with E-state index in [-0.39, 0.29) is 18.1 Å². The topological polar surface area (TPSA) is 111 Å². The highest BCUT2D eigenvalue weighted by Crippen LogP contribution is 2.29. The van der Waals surface area contributed by atoms with Crippen molar-refractivity contribution in [2.75, 3.05) is 7.11 Å². The van der Waals surface area contributed by atoms with Crippen LogP contribution in [0.4, 0.5) is 0 Å². The second-order valence-electron chi connectivity index (χ2n) is 6.63. The molecule has 0 aliphatic carbocycles. The molecule has 1 aromatic carbocycles. The van der Waals surface area contributed by atoms with Crippen molar-refractivity contribution in [3.8, 4) is 11.5 Å². The first-order valence-corrected chi connectivity index (χ1v) is 9.04. The molecule has 0 saturated heterocycles. The Bertz CT molecular complexity index is 826. The Hall–Kier alpha value is -3.03. The number of carboxylic acid groups (broad SMARTS) is 1. The minimum absolute atomic E-state index is 0.194. The van der Waals surface area contributed by atoms with Crippen molar-refractivity contribution in [2.45, 2.75) is 46.8 Å². The molecule has 1 heterocycles. The number of carbonyl (C=O) groups excluding carboxylic acids is 1. The number of methoxy groups -OCH3 is 1. The van der Waals surface area contributed by atoms with Crippen LogP contribution < -0.4 is 14.8 Å². The lowest BCUT2D eigenvalue weighted by Crippen LogP contribution is -2.45. The molecule has 28 heavy (non-hydrogen) atoms. The number of benzene rings is 1. The molecule has 2 rings (SSSR count). The zero-order chi connectivity index (χ0) is 20.8. The second-order valence-corrected chi connectivity index (χ2v) is 6.63. The third-order valence-electron chi connectivity index (χ3n) is 4.74. The first kappa shape index (κ1) is 21.3. The fourth-order valence-corrected chi connectivity index (χ4v) is 2.69. The van der Waals surface area contributed by atoms with Gasteiger partial charge in [0.05, 0.1) is 18.4 Å². The summed E-state index contributed by atoms with van der Waals surface area (Å²) in [6.45, 7) is 7.54. The Labute approximate surface area is 163 Å². The van der Waals surface area contributed by atoms with Crippen LogP contribution in [0.2, 0.25) is 0 Å². The lowest BCUT2D eigenvalue weighted by Gasteiger charge is -2.20. The zero-order valence-electron chi connectivity index (χ0n) is 16.7. The second kappa shape index (κ2) is 9.25. The Balaban J connectivity index is 2.15. The largest absolute Gasteiger partial charge is 0.493 e. The lowest BCUT2D eigenvalue weighted by molar-refractivity contribution is -0.140. The summed E-state index contributed by atoms with van der Waals surface area (Å²) in [6, 6.07) is 3.74. The van der Waals surface area contributed by atoms with Gasteiger partial charge in [0.2, 0.25) is 0 Å². The van der Waals surface area contributed by atoms with Gasteiger partial charge in [-0.25, -0.2) is 4.79 Å². The van der Waals surface area contributed by atoms with E-state index in [4.69, 9.17) is 14.0 Å². The minimum atomic E-state index is -1.06. The number of rotatable bonds is 9. The van der Waals surface area contributed by atoms with Crippen molar-refractivity contribution in [1.29, 1.82) is 0 Å². The average Bonchev–Trinajstić information content (AvgIpc) is 3.00. The first-order valence-electron chi connectivity index (χ1n) is 9.04. The van der Waals surface area contributed by atoms with Gasteiger partial charge < -0.3 is 24.4 Å². The standard InChI is InChI=1S/C20H26N2O6/c1-6-11(2)18(20(24)25)21-19(23)14-7-8-16(17(9-14)26-5)27-10-15-12(3)22-28-13(15)4/h7-9,11,18H,6,10H2,1-5H3,(H,21,23)(H,24,25). The molecule has 1 amide bonds. The molecule has 0 fully saturated rings. The van der Waals surface area contributed by atoms with E-state index >= 15 is 0 Å². The van der Waals surface area contributed by atoms with Gasteiger partial charge in [-0.2, -0.15) is 0 Å². The van der Waals surface area contributed by atoms with E-state index in [0.717, 1.165) is 11.3 Å². The van der Waals surface area contributed by atoms with Gasteiger partial charge in [0, 0.05) is 5.56 Å². The van der Waals surface area contributed by atoms with E-state index in [2.05, 4.69) is 10.5 Å². The summed E-state index contributed by atoms with van der Waals surface area (Å²) in [4.78, 5) is 23.9. The number of hydrogen-bond acceptors (Lipinski definition) is 6. The Morgan fingerprint density at radius 3 is 2.54 bits per heavy atom. The van der Waals surface area contributed by atoms with Gasteiger partial charge >= 0.3 is 5.97 Å². The van der Waals surface area contributed by atoms with Crippen molar-refractivity contribution in [1.82, 2.24) is 10.5 Å². The summed E-state index contributed by atoms with van der Waals surface area (Å²) in [6.07, 6.45) is 0.634. The summed E-state index contributed by atoms with van der Waals surface area (Å²) < 4.78 is 16.2. The summed E-state index contributed by atoms with van der Waals surface area (Å²) in [7, 11) is 1.47. The number of amides is 1. The number of aromatic nitrogens is 1. The maximum atomic E-state index is 12.5. The van der Waals surface area contributed by atoms with Gasteiger partial charge in [0.1, 0.15) is 18.4 Å². The fraction of sp³-hybridized carbons (Fsp3) is 0.450. The Kier molecular flexibility index (Phi) is 7.03. The fourth-order valence-electron chi connectivity index (χ4n) is 2.69. The highest BCUT2D eigenvalue weighted by Gasteiger charge is 2.26. The smallest absolute Gasteiger partial charge is 0.326 e. The van der Waals surface area contributed by atoms with Crippen LogP contribution in [-0.2, 0) is 11.4 Å². The highest BCUT2D eigenvalue weighted by molar-refractivity contribution is 5.97. The number of hydrogen-bond donors (Lipinski definition) is 2. The molecule has 0 aliphatic heterocycles. The molecule has 2 aromatic rings. The van der Waals surface area contributed by atoms with Crippen LogP contribution in [0.3, 0.4) is 0 Å². The van der Waals surface area contributed by atoms with Crippen molar-refractivity contribution >= 4 is 11.9 Å². The molecule has 0 aliphatic rings. The van der Waals surface area contributed by atoms with Crippen molar-refractivity contribution in [3.63, 3.8) is 0 Å². The lowest BCUT2D eigenvalue weighted by atomic mass is 9.99. The van der Waals surface area contributed by atoms with Crippen LogP contribution in [0.5, 0.6) is 11.5 Å². The third-order valence-corrected chi connectivity index (χ3v) is 4.74. The van der Waals surface area contributed by atoms with Crippen LogP contribution in [0.15, 0.2) is 22.7 Å². The van der Waals surface area contributed by atoms with Crippen molar-refractivity contribution in [3.05, 3.63) is 40.8 Å². The highest BCUT2D eigenvalue weighted by atomic mass is 16.5. The number of carboxylic acids is 1. The average molecular weight is 390 g/mol. The van der Waals surface area contributed by atoms with E-state index in [9.17, 15) is 14.7 Å². The summed E-state index contributed by atoms with van der Waals surface area (Å²) >= 11 is 0. The molecule has 0 bridgehead atoms. The SMILES string of the molecule is CCC(C)C(NC(=O)c1ccc(OCc2c(C)noc2C)c(OC)c1)C(=O)O. The van der Waals surface area contributed by atoms with E-state index in [1.807, 2.05) is 13.8 Å². The van der Waals surface area contributed by atoms with Crippen LogP contribution >= 0.6 is 0 Å². The van der Waals surface area contributed by atoms with E-state index < -0.39 is 17.9 Å². The minimum Gasteiger partial charge on any atom is -0.493 e. The van der Waals surface area contributed by atoms with Crippen molar-refractivity contribution < 1.29 is 28.7 Å². The molecule has 8 heteroatoms. The maximum absolute atomic E-state index is 12.5. The number of aliphatic carboxylic acids is 1. The molecule has 2 unspecified atom stereocenters. The molecule has 8 nitrogen and oxygen atoms in total. The van der Waals surface area contributed by atoms with Gasteiger partial charge in [-0.3, -0.25) is 4.79 Å². The van der Waals surface area contributed by atoms with Crippen molar-refractivity contribution in [2.24, 2.45) is 5.92 Å². The van der Waals surface area contributed by atoms with Crippen LogP contribution in [0, 0.1) is 19.8 Å². The Morgan fingerprint density at radius 2 is 2.00 bits per heavy atom. The summed E-state index contributed by atoms with van der Waals surface area (Å²) in [5, 5.41) is 15.8. The normalized spacial score (nSPS) is 12.9. The quantitative estimate of drug-likeness (QED) is 0.677. The summed E-state index contributed by atoms with van der Waals surface area (Å²) in [5.74, 6) is -0.235. The zero-order valence-corrected chi connectivity index (χ0v) is 16.7. The maximum Gasteiger partial charge on any atom is 0.326 e. The van der Waals surface area contributed by atoms with Crippen LogP contribution in [0.25, 0.3) is 0 Å². The molecule has 0 spiro atoms. The van der Waals surface area contributed by atoms with Gasteiger partial charge in [-0.15, -0.1) is 0 Å². The van der Waals surface area contributed by atoms with E-state index in [1.165, 1.54) is 13.2 Å². The van der Waals surface area contributed by atoms with E-state index in [1.54, 1.807) is 26.0 Å². The molecule has 152 valence electrons. The predicted octanol–water partition coefficient (Wildman–Crippen LogP) is 3.11. The monoisotopic (exact) mass is 390 g/mol. The van der Waals surface area contributed by atoms with E-state index in [0.29, 0.717) is 23.7 Å². The predicted molar refractivity (Wildman–Crippen MR) is 102 cm³/mol. The number of nitrogens with one attached hydrogen (secondary N) is 1. The van der Waals surface area contributed by atoms with Crippen LogP contribution in [-0.4, -0.2) is 35.3 Å². The number of ether oxygens (including phenoxy) is 2. The Morgan fingerprint density at radius 1 is 1.29 bits per heavy atom. The van der Waals surface area contributed by atoms with Gasteiger partial charge in [-0.05, 0) is 38.0 Å². The first-order chi connectivity index (χ1) is 13.3. The van der Waals surface area contributed by atoms with Gasteiger partial charge in [-0.1, -0.05) is 25.4 Å². The molecule has 0 radical (unpaired) electrons. The molecular weight excluding hydrogens is 364 g/mol. The van der Waals surface area contributed by atoms with Crippen LogP contribution in [0.1, 0.15) is 47.6 Å². The number of carbonyl (C=O) groups is 2. The molecular formula is C20H26N2O6. The number of nitrogens with zero attached hydrogens (tertiary/aromatic N) is 1. The number of aryl methyl sites for hydroxylation is 2. The van der Waals surface area contributed by atoms with Gasteiger partial charge in [0.25, 0.3) is 5.91 Å².